The minimum atomic E-state index is -0.860. The number of benzene rings is 2. The SMILES string of the molecule is O=C(O)CCCN(CCc1ccccc1)C(=O)OCc1ccccc1. The van der Waals surface area contributed by atoms with E-state index in [0.717, 1.165) is 11.1 Å². The molecule has 25 heavy (non-hydrogen) atoms. The van der Waals surface area contributed by atoms with Gasteiger partial charge in [-0.05, 0) is 24.0 Å². The zero-order valence-corrected chi connectivity index (χ0v) is 14.1. The van der Waals surface area contributed by atoms with Gasteiger partial charge in [-0.15, -0.1) is 0 Å². The molecule has 0 aromatic heterocycles. The van der Waals surface area contributed by atoms with E-state index < -0.39 is 12.1 Å². The monoisotopic (exact) mass is 341 g/mol. The molecule has 5 nitrogen and oxygen atoms in total. The quantitative estimate of drug-likeness (QED) is 0.754. The van der Waals surface area contributed by atoms with E-state index in [1.54, 1.807) is 4.90 Å². The number of amides is 1. The van der Waals surface area contributed by atoms with Crippen LogP contribution in [0.4, 0.5) is 4.79 Å². The minimum absolute atomic E-state index is 0.0355. The van der Waals surface area contributed by atoms with Crippen LogP contribution in [0.15, 0.2) is 60.7 Å². The van der Waals surface area contributed by atoms with Crippen LogP contribution in [-0.4, -0.2) is 35.2 Å². The van der Waals surface area contributed by atoms with Crippen LogP contribution in [-0.2, 0) is 22.6 Å². The van der Waals surface area contributed by atoms with Crippen LogP contribution < -0.4 is 0 Å². The molecule has 0 aliphatic carbocycles. The van der Waals surface area contributed by atoms with Crippen LogP contribution in [0.3, 0.4) is 0 Å². The fourth-order valence-corrected chi connectivity index (χ4v) is 2.43. The number of carboxylic acids is 1. The molecule has 5 heteroatoms. The first-order valence-corrected chi connectivity index (χ1v) is 8.36. The van der Waals surface area contributed by atoms with Crippen LogP contribution >= 0.6 is 0 Å². The summed E-state index contributed by atoms with van der Waals surface area (Å²) >= 11 is 0. The number of nitrogens with zero attached hydrogens (tertiary/aromatic N) is 1. The van der Waals surface area contributed by atoms with Gasteiger partial charge in [-0.2, -0.15) is 0 Å². The van der Waals surface area contributed by atoms with Crippen molar-refractivity contribution in [2.45, 2.75) is 25.9 Å². The van der Waals surface area contributed by atoms with E-state index in [9.17, 15) is 9.59 Å². The molecule has 0 fully saturated rings. The highest BCUT2D eigenvalue weighted by Gasteiger charge is 2.15. The van der Waals surface area contributed by atoms with Crippen molar-refractivity contribution >= 4 is 12.1 Å². The van der Waals surface area contributed by atoms with Gasteiger partial charge in [0.25, 0.3) is 0 Å². The fourth-order valence-electron chi connectivity index (χ4n) is 2.43. The molecule has 132 valence electrons. The zero-order valence-electron chi connectivity index (χ0n) is 14.1. The summed E-state index contributed by atoms with van der Waals surface area (Å²) in [6.07, 6.45) is 0.734. The first-order chi connectivity index (χ1) is 12.1. The first-order valence-electron chi connectivity index (χ1n) is 8.36. The summed E-state index contributed by atoms with van der Waals surface area (Å²) in [5, 5.41) is 8.79. The van der Waals surface area contributed by atoms with Crippen molar-refractivity contribution in [3.63, 3.8) is 0 Å². The van der Waals surface area contributed by atoms with Gasteiger partial charge in [0.2, 0.25) is 0 Å². The molecule has 2 aromatic carbocycles. The lowest BCUT2D eigenvalue weighted by molar-refractivity contribution is -0.137. The van der Waals surface area contributed by atoms with Gasteiger partial charge in [-0.25, -0.2) is 4.79 Å². The van der Waals surface area contributed by atoms with E-state index in [1.165, 1.54) is 0 Å². The Balaban J connectivity index is 1.89. The molecule has 0 unspecified atom stereocenters. The van der Waals surface area contributed by atoms with E-state index in [-0.39, 0.29) is 13.0 Å². The van der Waals surface area contributed by atoms with E-state index in [0.29, 0.717) is 25.9 Å². The molecule has 0 saturated carbocycles. The van der Waals surface area contributed by atoms with E-state index in [4.69, 9.17) is 9.84 Å². The Kier molecular flexibility index (Phi) is 7.50. The van der Waals surface area contributed by atoms with Crippen molar-refractivity contribution in [1.82, 2.24) is 4.90 Å². The minimum Gasteiger partial charge on any atom is -0.481 e. The third kappa shape index (κ3) is 7.08. The number of carbonyl (C=O) groups excluding carboxylic acids is 1. The number of carbonyl (C=O) groups is 2. The van der Waals surface area contributed by atoms with Crippen molar-refractivity contribution < 1.29 is 19.4 Å². The normalized spacial score (nSPS) is 10.2. The number of hydrogen-bond donors (Lipinski definition) is 1. The Bertz CT molecular complexity index is 658. The summed E-state index contributed by atoms with van der Waals surface area (Å²) in [6, 6.07) is 19.3. The van der Waals surface area contributed by atoms with Crippen molar-refractivity contribution in [3.8, 4) is 0 Å². The number of carboxylic acid groups (broad SMARTS) is 1. The summed E-state index contributed by atoms with van der Waals surface area (Å²) in [5.41, 5.74) is 2.05. The molecule has 2 rings (SSSR count). The van der Waals surface area contributed by atoms with Crippen molar-refractivity contribution in [3.05, 3.63) is 71.8 Å². The Morgan fingerprint density at radius 2 is 1.48 bits per heavy atom. The van der Waals surface area contributed by atoms with Gasteiger partial charge in [0.05, 0.1) is 0 Å². The largest absolute Gasteiger partial charge is 0.481 e. The highest BCUT2D eigenvalue weighted by atomic mass is 16.6. The molecule has 0 bridgehead atoms. The topological polar surface area (TPSA) is 66.8 Å². The summed E-state index contributed by atoms with van der Waals surface area (Å²) in [4.78, 5) is 24.7. The van der Waals surface area contributed by atoms with Crippen molar-refractivity contribution in [2.75, 3.05) is 13.1 Å². The number of rotatable bonds is 9. The molecular weight excluding hydrogens is 318 g/mol. The van der Waals surface area contributed by atoms with Crippen molar-refractivity contribution in [1.29, 1.82) is 0 Å². The number of ether oxygens (including phenoxy) is 1. The standard InChI is InChI=1S/C20H23NO4/c22-19(23)12-7-14-21(15-13-17-8-3-1-4-9-17)20(24)25-16-18-10-5-2-6-11-18/h1-6,8-11H,7,12-16H2,(H,22,23). The summed E-state index contributed by atoms with van der Waals surface area (Å²) in [6.45, 7) is 1.07. The van der Waals surface area contributed by atoms with Crippen molar-refractivity contribution in [2.24, 2.45) is 0 Å². The van der Waals surface area contributed by atoms with Gasteiger partial charge in [-0.1, -0.05) is 60.7 Å². The molecule has 0 radical (unpaired) electrons. The number of aliphatic carboxylic acids is 1. The summed E-state index contributed by atoms with van der Waals surface area (Å²) < 4.78 is 5.38. The highest BCUT2D eigenvalue weighted by Crippen LogP contribution is 2.07. The predicted octanol–water partition coefficient (Wildman–Crippen LogP) is 3.73. The van der Waals surface area contributed by atoms with Crippen LogP contribution in [0.25, 0.3) is 0 Å². The molecular formula is C20H23NO4. The van der Waals surface area contributed by atoms with Crippen LogP contribution in [0, 0.1) is 0 Å². The van der Waals surface area contributed by atoms with E-state index >= 15 is 0 Å². The van der Waals surface area contributed by atoms with E-state index in [1.807, 2.05) is 60.7 Å². The molecule has 0 saturated heterocycles. The molecule has 1 amide bonds. The van der Waals surface area contributed by atoms with Gasteiger partial charge in [-0.3, -0.25) is 4.79 Å². The lowest BCUT2D eigenvalue weighted by atomic mass is 10.1. The second-order valence-electron chi connectivity index (χ2n) is 5.76. The maximum Gasteiger partial charge on any atom is 0.410 e. The third-order valence-corrected chi connectivity index (χ3v) is 3.80. The molecule has 1 N–H and O–H groups in total. The van der Waals surface area contributed by atoms with Crippen LogP contribution in [0.2, 0.25) is 0 Å². The molecule has 2 aromatic rings. The van der Waals surface area contributed by atoms with Gasteiger partial charge in [0, 0.05) is 19.5 Å². The van der Waals surface area contributed by atoms with Gasteiger partial charge >= 0.3 is 12.1 Å². The first kappa shape index (κ1) is 18.5. The second-order valence-corrected chi connectivity index (χ2v) is 5.76. The van der Waals surface area contributed by atoms with Gasteiger partial charge < -0.3 is 14.7 Å². The third-order valence-electron chi connectivity index (χ3n) is 3.80. The summed E-state index contributed by atoms with van der Waals surface area (Å²) in [5.74, 6) is -0.860. The maximum absolute atomic E-state index is 12.4. The molecule has 0 spiro atoms. The molecule has 0 aliphatic rings. The molecule has 0 heterocycles. The Morgan fingerprint density at radius 3 is 2.08 bits per heavy atom. The second kappa shape index (κ2) is 10.1. The lowest BCUT2D eigenvalue weighted by Crippen LogP contribution is -2.34. The average Bonchev–Trinajstić information content (AvgIpc) is 2.64. The van der Waals surface area contributed by atoms with Crippen LogP contribution in [0.5, 0.6) is 0 Å². The maximum atomic E-state index is 12.4. The Morgan fingerprint density at radius 1 is 0.880 bits per heavy atom. The Hall–Kier alpha value is -2.82. The molecule has 0 atom stereocenters. The highest BCUT2D eigenvalue weighted by molar-refractivity contribution is 5.68. The van der Waals surface area contributed by atoms with E-state index in [2.05, 4.69) is 0 Å². The lowest BCUT2D eigenvalue weighted by Gasteiger charge is -2.22. The molecule has 0 aliphatic heterocycles. The van der Waals surface area contributed by atoms with Crippen LogP contribution in [0.1, 0.15) is 24.0 Å². The smallest absolute Gasteiger partial charge is 0.410 e. The zero-order chi connectivity index (χ0) is 17.9. The number of hydrogen-bond acceptors (Lipinski definition) is 3. The Labute approximate surface area is 147 Å². The average molecular weight is 341 g/mol. The van der Waals surface area contributed by atoms with Gasteiger partial charge in [0.15, 0.2) is 0 Å². The summed E-state index contributed by atoms with van der Waals surface area (Å²) in [7, 11) is 0. The predicted molar refractivity (Wildman–Crippen MR) is 95.2 cm³/mol. The van der Waals surface area contributed by atoms with Gasteiger partial charge in [0.1, 0.15) is 6.61 Å². The fraction of sp³-hybridized carbons (Fsp3) is 0.300.